The first-order chi connectivity index (χ1) is 10.1. The highest BCUT2D eigenvalue weighted by Gasteiger charge is 2.05. The van der Waals surface area contributed by atoms with Crippen molar-refractivity contribution in [3.63, 3.8) is 0 Å². The van der Waals surface area contributed by atoms with Crippen molar-refractivity contribution in [3.8, 4) is 5.75 Å². The summed E-state index contributed by atoms with van der Waals surface area (Å²) in [7, 11) is 2.88. The highest BCUT2D eigenvalue weighted by Crippen LogP contribution is 2.17. The number of ether oxygens (including phenoxy) is 1. The van der Waals surface area contributed by atoms with E-state index in [1.54, 1.807) is 0 Å². The van der Waals surface area contributed by atoms with Gasteiger partial charge in [-0.15, -0.1) is 9.24 Å². The predicted molar refractivity (Wildman–Crippen MR) is 92.7 cm³/mol. The summed E-state index contributed by atoms with van der Waals surface area (Å²) >= 11 is 0. The van der Waals surface area contributed by atoms with Crippen molar-refractivity contribution in [1.82, 2.24) is 5.32 Å². The minimum absolute atomic E-state index is 0.211. The zero-order valence-corrected chi connectivity index (χ0v) is 13.9. The van der Waals surface area contributed by atoms with Gasteiger partial charge in [0.15, 0.2) is 0 Å². The fourth-order valence-corrected chi connectivity index (χ4v) is 2.58. The zero-order chi connectivity index (χ0) is 15.1. The van der Waals surface area contributed by atoms with Gasteiger partial charge in [0.25, 0.3) is 0 Å². The highest BCUT2D eigenvalue weighted by molar-refractivity contribution is 7.17. The summed E-state index contributed by atoms with van der Waals surface area (Å²) in [6, 6.07) is 18.8. The maximum atomic E-state index is 5.74. The fraction of sp³-hybridized carbons (Fsp3) is 0.333. The van der Waals surface area contributed by atoms with Crippen LogP contribution in [0.2, 0.25) is 0 Å². The van der Waals surface area contributed by atoms with Crippen LogP contribution in [0, 0.1) is 0 Å². The maximum Gasteiger partial charge on any atom is 0.119 e. The van der Waals surface area contributed by atoms with Gasteiger partial charge in [0.2, 0.25) is 0 Å². The molecular formula is C18H24NOP. The van der Waals surface area contributed by atoms with Gasteiger partial charge in [0.05, 0.1) is 6.10 Å². The van der Waals surface area contributed by atoms with Crippen molar-refractivity contribution < 1.29 is 4.74 Å². The van der Waals surface area contributed by atoms with Crippen molar-refractivity contribution in [1.29, 1.82) is 0 Å². The lowest BCUT2D eigenvalue weighted by atomic mass is 10.1. The number of rotatable bonds is 7. The average Bonchev–Trinajstić information content (AvgIpc) is 2.46. The van der Waals surface area contributed by atoms with Crippen molar-refractivity contribution >= 4 is 9.24 Å². The van der Waals surface area contributed by atoms with Crippen molar-refractivity contribution in [2.75, 3.05) is 0 Å². The molecule has 2 atom stereocenters. The van der Waals surface area contributed by atoms with E-state index in [-0.39, 0.29) is 6.10 Å². The summed E-state index contributed by atoms with van der Waals surface area (Å²) in [5, 5.41) is 3.53. The van der Waals surface area contributed by atoms with Crippen LogP contribution >= 0.6 is 9.24 Å². The first-order valence-electron chi connectivity index (χ1n) is 7.42. The molecule has 0 aliphatic rings. The van der Waals surface area contributed by atoms with Crippen molar-refractivity contribution in [3.05, 3.63) is 65.7 Å². The zero-order valence-electron chi connectivity index (χ0n) is 12.8. The van der Waals surface area contributed by atoms with E-state index in [0.29, 0.717) is 5.78 Å². The van der Waals surface area contributed by atoms with Crippen LogP contribution in [0.5, 0.6) is 5.75 Å². The van der Waals surface area contributed by atoms with Gasteiger partial charge in [0.1, 0.15) is 5.75 Å². The number of hydrogen-bond donors (Lipinski definition) is 1. The number of nitrogens with one attached hydrogen (secondary N) is 1. The quantitative estimate of drug-likeness (QED) is 0.780. The predicted octanol–water partition coefficient (Wildman–Crippen LogP) is 4.01. The Kier molecular flexibility index (Phi) is 6.22. The van der Waals surface area contributed by atoms with Gasteiger partial charge in [0, 0.05) is 12.3 Å². The molecule has 0 aromatic heterocycles. The Morgan fingerprint density at radius 2 is 1.71 bits per heavy atom. The summed E-state index contributed by atoms with van der Waals surface area (Å²) in [5.74, 6) is 1.29. The second-order valence-corrected chi connectivity index (χ2v) is 6.30. The monoisotopic (exact) mass is 301 g/mol. The highest BCUT2D eigenvalue weighted by atomic mass is 31.0. The van der Waals surface area contributed by atoms with E-state index in [2.05, 4.69) is 57.0 Å². The van der Waals surface area contributed by atoms with E-state index in [9.17, 15) is 0 Å². The second-order valence-electron chi connectivity index (χ2n) is 5.49. The van der Waals surface area contributed by atoms with Crippen LogP contribution in [-0.4, -0.2) is 11.9 Å². The largest absolute Gasteiger partial charge is 0.491 e. The molecule has 2 aromatic carbocycles. The molecule has 3 heteroatoms. The van der Waals surface area contributed by atoms with E-state index in [1.807, 2.05) is 26.0 Å². The smallest absolute Gasteiger partial charge is 0.119 e. The molecule has 2 rings (SSSR count). The minimum Gasteiger partial charge on any atom is -0.491 e. The molecule has 0 saturated heterocycles. The SMILES string of the molecule is CC(C)Oc1cccc(CC(P)NCc2ccccc2)c1. The molecule has 0 aliphatic carbocycles. The van der Waals surface area contributed by atoms with Crippen LogP contribution in [0.3, 0.4) is 0 Å². The van der Waals surface area contributed by atoms with E-state index < -0.39 is 0 Å². The van der Waals surface area contributed by atoms with Crippen LogP contribution in [-0.2, 0) is 13.0 Å². The Hall–Kier alpha value is -1.37. The Labute approximate surface area is 130 Å². The molecule has 0 bridgehead atoms. The molecule has 0 heterocycles. The van der Waals surface area contributed by atoms with Crippen LogP contribution in [0.15, 0.2) is 54.6 Å². The molecule has 0 aliphatic heterocycles. The molecule has 0 saturated carbocycles. The van der Waals surface area contributed by atoms with E-state index in [0.717, 1.165) is 18.7 Å². The van der Waals surface area contributed by atoms with E-state index in [1.165, 1.54) is 11.1 Å². The van der Waals surface area contributed by atoms with Gasteiger partial charge in [-0.1, -0.05) is 42.5 Å². The summed E-state index contributed by atoms with van der Waals surface area (Å²) in [6.07, 6.45) is 1.18. The summed E-state index contributed by atoms with van der Waals surface area (Å²) in [4.78, 5) is 0. The second kappa shape index (κ2) is 8.17. The summed E-state index contributed by atoms with van der Waals surface area (Å²) < 4.78 is 5.74. The lowest BCUT2D eigenvalue weighted by Gasteiger charge is -2.15. The van der Waals surface area contributed by atoms with Gasteiger partial charge in [-0.25, -0.2) is 0 Å². The molecule has 2 nitrogen and oxygen atoms in total. The third kappa shape index (κ3) is 5.87. The maximum absolute atomic E-state index is 5.74. The first kappa shape index (κ1) is 16.0. The van der Waals surface area contributed by atoms with Gasteiger partial charge in [-0.2, -0.15) is 0 Å². The molecule has 21 heavy (non-hydrogen) atoms. The lowest BCUT2D eigenvalue weighted by molar-refractivity contribution is 0.242. The summed E-state index contributed by atoms with van der Waals surface area (Å²) in [5.41, 5.74) is 2.59. The Morgan fingerprint density at radius 3 is 2.43 bits per heavy atom. The topological polar surface area (TPSA) is 21.3 Å². The molecule has 0 radical (unpaired) electrons. The van der Waals surface area contributed by atoms with Crippen LogP contribution in [0.25, 0.3) is 0 Å². The van der Waals surface area contributed by atoms with E-state index >= 15 is 0 Å². The molecular weight excluding hydrogens is 277 g/mol. The molecule has 0 amide bonds. The average molecular weight is 301 g/mol. The first-order valence-corrected chi connectivity index (χ1v) is 8.08. The normalized spacial score (nSPS) is 12.4. The lowest BCUT2D eigenvalue weighted by Crippen LogP contribution is -2.24. The molecule has 2 aromatic rings. The number of hydrogen-bond acceptors (Lipinski definition) is 2. The number of benzene rings is 2. The van der Waals surface area contributed by atoms with Crippen LogP contribution in [0.1, 0.15) is 25.0 Å². The standard InChI is InChI=1S/C18H24NOP/c1-14(2)20-17-10-6-9-16(11-17)12-18(21)19-13-15-7-4-3-5-8-15/h3-11,14,18-19H,12-13,21H2,1-2H3. The van der Waals surface area contributed by atoms with Gasteiger partial charge in [-0.05, 0) is 43.5 Å². The van der Waals surface area contributed by atoms with Crippen molar-refractivity contribution in [2.24, 2.45) is 0 Å². The van der Waals surface area contributed by atoms with Crippen LogP contribution < -0.4 is 10.1 Å². The Balaban J connectivity index is 1.86. The van der Waals surface area contributed by atoms with Gasteiger partial charge >= 0.3 is 0 Å². The molecule has 1 N–H and O–H groups in total. The fourth-order valence-electron chi connectivity index (χ4n) is 2.19. The molecule has 0 spiro atoms. The minimum atomic E-state index is 0.211. The summed E-state index contributed by atoms with van der Waals surface area (Å²) in [6.45, 7) is 4.98. The molecule has 0 fully saturated rings. The third-order valence-corrected chi connectivity index (χ3v) is 3.61. The van der Waals surface area contributed by atoms with E-state index in [4.69, 9.17) is 4.74 Å². The van der Waals surface area contributed by atoms with Crippen LogP contribution in [0.4, 0.5) is 0 Å². The third-order valence-electron chi connectivity index (χ3n) is 3.14. The molecule has 112 valence electrons. The van der Waals surface area contributed by atoms with Crippen molar-refractivity contribution in [2.45, 2.75) is 38.7 Å². The molecule has 2 unspecified atom stereocenters. The Morgan fingerprint density at radius 1 is 1.00 bits per heavy atom. The Bertz CT molecular complexity index is 542. The van der Waals surface area contributed by atoms with Gasteiger partial charge in [-0.3, -0.25) is 0 Å². The van der Waals surface area contributed by atoms with Gasteiger partial charge < -0.3 is 10.1 Å².